The number of ether oxygens (including phenoxy) is 1. The normalized spacial score (nSPS) is 14.1. The fourth-order valence-corrected chi connectivity index (χ4v) is 1.25. The standard InChI is InChI=1S/C9H13N3O5/c1-5(14)17-8(6(15)4-13)12-7(10)2-3-11-9(12)16/h2-3,6,8,13,15H,4,10H2,1H3. The number of carbonyl (C=O) groups is 1. The molecule has 1 heterocycles. The van der Waals surface area contributed by atoms with Crippen LogP contribution in [0.2, 0.25) is 0 Å². The number of aliphatic hydroxyl groups excluding tert-OH is 2. The van der Waals surface area contributed by atoms with Crippen LogP contribution in [-0.4, -0.2) is 38.4 Å². The smallest absolute Gasteiger partial charge is 0.352 e. The lowest BCUT2D eigenvalue weighted by atomic mass is 10.3. The molecular formula is C9H13N3O5. The van der Waals surface area contributed by atoms with Gasteiger partial charge >= 0.3 is 11.7 Å². The molecule has 94 valence electrons. The highest BCUT2D eigenvalue weighted by atomic mass is 16.6. The monoisotopic (exact) mass is 243 g/mol. The third-order valence-corrected chi connectivity index (χ3v) is 1.97. The zero-order chi connectivity index (χ0) is 13.0. The molecule has 8 nitrogen and oxygen atoms in total. The first-order valence-electron chi connectivity index (χ1n) is 4.76. The van der Waals surface area contributed by atoms with E-state index >= 15 is 0 Å². The zero-order valence-corrected chi connectivity index (χ0v) is 9.11. The third kappa shape index (κ3) is 3.02. The minimum atomic E-state index is -1.47. The van der Waals surface area contributed by atoms with E-state index < -0.39 is 30.6 Å². The Morgan fingerprint density at radius 3 is 2.82 bits per heavy atom. The molecule has 8 heteroatoms. The molecule has 0 saturated heterocycles. The Balaban J connectivity index is 3.21. The second kappa shape index (κ2) is 5.41. The minimum absolute atomic E-state index is 0.0382. The van der Waals surface area contributed by atoms with Crippen molar-refractivity contribution < 1.29 is 19.7 Å². The number of aliphatic hydroxyl groups is 2. The number of hydrogen-bond acceptors (Lipinski definition) is 7. The molecule has 2 unspecified atom stereocenters. The molecule has 0 spiro atoms. The van der Waals surface area contributed by atoms with Gasteiger partial charge in [-0.25, -0.2) is 14.3 Å². The van der Waals surface area contributed by atoms with Crippen molar-refractivity contribution in [1.29, 1.82) is 0 Å². The molecule has 0 amide bonds. The highest BCUT2D eigenvalue weighted by molar-refractivity contribution is 5.66. The summed E-state index contributed by atoms with van der Waals surface area (Å²) in [7, 11) is 0. The Hall–Kier alpha value is -1.93. The van der Waals surface area contributed by atoms with Gasteiger partial charge in [-0.15, -0.1) is 0 Å². The van der Waals surface area contributed by atoms with Gasteiger partial charge in [0.2, 0.25) is 6.23 Å². The predicted octanol–water partition coefficient (Wildman–Crippen LogP) is -1.76. The van der Waals surface area contributed by atoms with Crippen LogP contribution in [0.25, 0.3) is 0 Å². The fraction of sp³-hybridized carbons (Fsp3) is 0.444. The molecule has 4 N–H and O–H groups in total. The summed E-state index contributed by atoms with van der Waals surface area (Å²) in [5, 5.41) is 18.3. The molecule has 2 atom stereocenters. The van der Waals surface area contributed by atoms with Crippen molar-refractivity contribution in [2.45, 2.75) is 19.3 Å². The molecular weight excluding hydrogens is 230 g/mol. The molecule has 0 aliphatic carbocycles. The molecule has 0 saturated carbocycles. The third-order valence-electron chi connectivity index (χ3n) is 1.97. The first kappa shape index (κ1) is 13.1. The number of rotatable bonds is 4. The van der Waals surface area contributed by atoms with Crippen molar-refractivity contribution in [2.24, 2.45) is 0 Å². The largest absolute Gasteiger partial charge is 0.438 e. The molecule has 0 radical (unpaired) electrons. The van der Waals surface area contributed by atoms with E-state index in [4.69, 9.17) is 15.6 Å². The second-order valence-electron chi connectivity index (χ2n) is 3.27. The van der Waals surface area contributed by atoms with Crippen molar-refractivity contribution in [3.8, 4) is 0 Å². The molecule has 1 rings (SSSR count). The van der Waals surface area contributed by atoms with Crippen molar-refractivity contribution in [3.05, 3.63) is 22.7 Å². The van der Waals surface area contributed by atoms with E-state index in [-0.39, 0.29) is 5.82 Å². The Kier molecular flexibility index (Phi) is 4.18. The first-order chi connectivity index (χ1) is 7.97. The van der Waals surface area contributed by atoms with E-state index in [1.54, 1.807) is 0 Å². The molecule has 1 aromatic rings. The lowest BCUT2D eigenvalue weighted by Gasteiger charge is -2.23. The molecule has 0 bridgehead atoms. The van der Waals surface area contributed by atoms with E-state index in [0.29, 0.717) is 0 Å². The Bertz CT molecular complexity index is 458. The summed E-state index contributed by atoms with van der Waals surface area (Å²) < 4.78 is 5.54. The number of esters is 1. The van der Waals surface area contributed by atoms with E-state index in [1.165, 1.54) is 12.3 Å². The molecule has 1 aromatic heterocycles. The van der Waals surface area contributed by atoms with Gasteiger partial charge in [0.1, 0.15) is 11.9 Å². The summed E-state index contributed by atoms with van der Waals surface area (Å²) in [4.78, 5) is 25.8. The lowest BCUT2D eigenvalue weighted by Crippen LogP contribution is -2.39. The van der Waals surface area contributed by atoms with Crippen LogP contribution in [0, 0.1) is 0 Å². The van der Waals surface area contributed by atoms with Crippen LogP contribution in [0.4, 0.5) is 5.82 Å². The van der Waals surface area contributed by atoms with Crippen molar-refractivity contribution in [3.63, 3.8) is 0 Å². The van der Waals surface area contributed by atoms with Crippen LogP contribution in [-0.2, 0) is 9.53 Å². The van der Waals surface area contributed by atoms with Gasteiger partial charge in [-0.05, 0) is 6.07 Å². The van der Waals surface area contributed by atoms with Crippen LogP contribution < -0.4 is 11.4 Å². The molecule has 0 aliphatic rings. The summed E-state index contributed by atoms with van der Waals surface area (Å²) in [5.41, 5.74) is 4.74. The first-order valence-corrected chi connectivity index (χ1v) is 4.76. The number of nitrogens with two attached hydrogens (primary N) is 1. The second-order valence-corrected chi connectivity index (χ2v) is 3.27. The van der Waals surface area contributed by atoms with Crippen molar-refractivity contribution in [1.82, 2.24) is 9.55 Å². The summed E-state index contributed by atoms with van der Waals surface area (Å²) in [6.45, 7) is 0.410. The molecule has 0 aromatic carbocycles. The molecule has 0 fully saturated rings. The van der Waals surface area contributed by atoms with Crippen molar-refractivity contribution >= 4 is 11.8 Å². The Morgan fingerprint density at radius 2 is 2.35 bits per heavy atom. The van der Waals surface area contributed by atoms with Gasteiger partial charge in [0.05, 0.1) is 6.61 Å². The summed E-state index contributed by atoms with van der Waals surface area (Å²) in [6, 6.07) is 1.31. The average molecular weight is 243 g/mol. The van der Waals surface area contributed by atoms with Crippen LogP contribution in [0.1, 0.15) is 13.2 Å². The van der Waals surface area contributed by atoms with E-state index in [1.807, 2.05) is 0 Å². The highest BCUT2D eigenvalue weighted by Gasteiger charge is 2.26. The number of nitrogen functional groups attached to an aromatic ring is 1. The van der Waals surface area contributed by atoms with E-state index in [2.05, 4.69) is 4.98 Å². The number of hydrogen-bond donors (Lipinski definition) is 3. The summed E-state index contributed by atoms with van der Waals surface area (Å²) in [6.07, 6.45) is -1.69. The van der Waals surface area contributed by atoms with Crippen LogP contribution in [0.3, 0.4) is 0 Å². The Morgan fingerprint density at radius 1 is 1.71 bits per heavy atom. The predicted molar refractivity (Wildman–Crippen MR) is 56.8 cm³/mol. The quantitative estimate of drug-likeness (QED) is 0.534. The molecule has 17 heavy (non-hydrogen) atoms. The van der Waals surface area contributed by atoms with Crippen LogP contribution in [0.5, 0.6) is 0 Å². The van der Waals surface area contributed by atoms with Gasteiger partial charge in [0, 0.05) is 13.1 Å². The van der Waals surface area contributed by atoms with E-state index in [0.717, 1.165) is 11.5 Å². The minimum Gasteiger partial charge on any atom is -0.438 e. The maximum Gasteiger partial charge on any atom is 0.352 e. The zero-order valence-electron chi connectivity index (χ0n) is 9.11. The summed E-state index contributed by atoms with van der Waals surface area (Å²) in [5.74, 6) is -0.763. The fourth-order valence-electron chi connectivity index (χ4n) is 1.25. The van der Waals surface area contributed by atoms with Crippen LogP contribution >= 0.6 is 0 Å². The van der Waals surface area contributed by atoms with Gasteiger partial charge in [-0.1, -0.05) is 0 Å². The maximum absolute atomic E-state index is 11.5. The van der Waals surface area contributed by atoms with Gasteiger partial charge in [-0.2, -0.15) is 0 Å². The number of carbonyl (C=O) groups excluding carboxylic acids is 1. The molecule has 0 aliphatic heterocycles. The summed E-state index contributed by atoms with van der Waals surface area (Å²) >= 11 is 0. The van der Waals surface area contributed by atoms with Gasteiger partial charge in [-0.3, -0.25) is 4.79 Å². The lowest BCUT2D eigenvalue weighted by molar-refractivity contribution is -0.162. The van der Waals surface area contributed by atoms with E-state index in [9.17, 15) is 14.7 Å². The van der Waals surface area contributed by atoms with Crippen LogP contribution in [0.15, 0.2) is 17.1 Å². The SMILES string of the molecule is CC(=O)OC(C(O)CO)n1c(N)ccnc1=O. The van der Waals surface area contributed by atoms with Crippen molar-refractivity contribution in [2.75, 3.05) is 12.3 Å². The maximum atomic E-state index is 11.5. The van der Waals surface area contributed by atoms with Gasteiger partial charge < -0.3 is 20.7 Å². The van der Waals surface area contributed by atoms with Gasteiger partial charge in [0.15, 0.2) is 0 Å². The number of nitrogens with zero attached hydrogens (tertiary/aromatic N) is 2. The topological polar surface area (TPSA) is 128 Å². The average Bonchev–Trinajstić information content (AvgIpc) is 2.26. The number of anilines is 1. The highest BCUT2D eigenvalue weighted by Crippen LogP contribution is 2.15. The number of aromatic nitrogens is 2. The van der Waals surface area contributed by atoms with Gasteiger partial charge in [0.25, 0.3) is 0 Å². The Labute approximate surface area is 96.3 Å².